The van der Waals surface area contributed by atoms with E-state index in [4.69, 9.17) is 4.74 Å². The number of nitrogens with zero attached hydrogens (tertiary/aromatic N) is 1. The standard InChI is InChI=1S/C13H21NO5/c1-11(2,3)19-10(18)14-7-12(8-15)4-5-13(14,6-12)9(16)17/h15H,4-8H2,1-3H3,(H,16,17). The van der Waals surface area contributed by atoms with E-state index in [1.807, 2.05) is 0 Å². The van der Waals surface area contributed by atoms with E-state index in [1.54, 1.807) is 20.8 Å². The lowest BCUT2D eigenvalue weighted by Gasteiger charge is -2.37. The highest BCUT2D eigenvalue weighted by Gasteiger charge is 2.64. The predicted molar refractivity (Wildman–Crippen MR) is 66.7 cm³/mol. The van der Waals surface area contributed by atoms with Gasteiger partial charge in [0.15, 0.2) is 0 Å². The largest absolute Gasteiger partial charge is 0.479 e. The van der Waals surface area contributed by atoms with Gasteiger partial charge < -0.3 is 14.9 Å². The van der Waals surface area contributed by atoms with Gasteiger partial charge >= 0.3 is 12.1 Å². The molecule has 0 spiro atoms. The molecule has 2 N–H and O–H groups in total. The summed E-state index contributed by atoms with van der Waals surface area (Å²) in [5.41, 5.74) is -2.34. The number of fused-ring (bicyclic) bond motifs is 2. The SMILES string of the molecule is CC(C)(C)OC(=O)N1CC2(CO)CCC1(C(=O)O)C2. The first-order chi connectivity index (χ1) is 8.64. The van der Waals surface area contributed by atoms with Crippen LogP contribution in [0.4, 0.5) is 4.79 Å². The van der Waals surface area contributed by atoms with E-state index in [9.17, 15) is 19.8 Å². The number of piperidine rings is 1. The van der Waals surface area contributed by atoms with E-state index in [0.717, 1.165) is 0 Å². The van der Waals surface area contributed by atoms with Crippen LogP contribution in [0, 0.1) is 5.41 Å². The molecular formula is C13H21NO5. The van der Waals surface area contributed by atoms with Gasteiger partial charge in [-0.25, -0.2) is 9.59 Å². The molecule has 2 aliphatic rings. The normalized spacial score (nSPS) is 33.6. The van der Waals surface area contributed by atoms with Crippen molar-refractivity contribution in [3.05, 3.63) is 0 Å². The van der Waals surface area contributed by atoms with E-state index in [-0.39, 0.29) is 13.2 Å². The van der Waals surface area contributed by atoms with Crippen LogP contribution < -0.4 is 0 Å². The quantitative estimate of drug-likeness (QED) is 0.788. The van der Waals surface area contributed by atoms with Gasteiger partial charge in [-0.05, 0) is 40.0 Å². The molecule has 1 saturated carbocycles. The van der Waals surface area contributed by atoms with Crippen molar-refractivity contribution in [2.75, 3.05) is 13.2 Å². The number of rotatable bonds is 2. The monoisotopic (exact) mass is 271 g/mol. The molecule has 19 heavy (non-hydrogen) atoms. The molecule has 2 bridgehead atoms. The molecule has 1 heterocycles. The maximum Gasteiger partial charge on any atom is 0.411 e. The fraction of sp³-hybridized carbons (Fsp3) is 0.846. The highest BCUT2D eigenvalue weighted by Crippen LogP contribution is 2.54. The van der Waals surface area contributed by atoms with Crippen molar-refractivity contribution in [1.29, 1.82) is 0 Å². The molecular weight excluding hydrogens is 250 g/mol. The van der Waals surface area contributed by atoms with Crippen LogP contribution in [0.3, 0.4) is 0 Å². The first kappa shape index (κ1) is 14.1. The van der Waals surface area contributed by atoms with Gasteiger partial charge in [0.25, 0.3) is 0 Å². The van der Waals surface area contributed by atoms with Gasteiger partial charge in [-0.2, -0.15) is 0 Å². The highest BCUT2D eigenvalue weighted by atomic mass is 16.6. The van der Waals surface area contributed by atoms with Crippen LogP contribution in [-0.4, -0.2) is 51.5 Å². The number of ether oxygens (including phenoxy) is 1. The van der Waals surface area contributed by atoms with Crippen molar-refractivity contribution in [3.63, 3.8) is 0 Å². The van der Waals surface area contributed by atoms with E-state index >= 15 is 0 Å². The van der Waals surface area contributed by atoms with Gasteiger partial charge in [0.1, 0.15) is 11.1 Å². The molecule has 108 valence electrons. The molecule has 0 aromatic rings. The average Bonchev–Trinajstić information content (AvgIpc) is 2.81. The lowest BCUT2D eigenvalue weighted by molar-refractivity contribution is -0.149. The van der Waals surface area contributed by atoms with Crippen LogP contribution in [0.2, 0.25) is 0 Å². The molecule has 1 aliphatic heterocycles. The third-order valence-corrected chi connectivity index (χ3v) is 4.09. The molecule has 6 nitrogen and oxygen atoms in total. The molecule has 0 radical (unpaired) electrons. The number of aliphatic hydroxyl groups is 1. The Hall–Kier alpha value is -1.30. The second-order valence-electron chi connectivity index (χ2n) is 6.74. The summed E-state index contributed by atoms with van der Waals surface area (Å²) in [5, 5.41) is 19.0. The minimum atomic E-state index is -1.20. The summed E-state index contributed by atoms with van der Waals surface area (Å²) >= 11 is 0. The van der Waals surface area contributed by atoms with Gasteiger partial charge in [-0.15, -0.1) is 0 Å². The number of carboxylic acids is 1. The molecule has 0 aromatic heterocycles. The summed E-state index contributed by atoms with van der Waals surface area (Å²) in [5.74, 6) is -1.01. The minimum Gasteiger partial charge on any atom is -0.479 e. The van der Waals surface area contributed by atoms with Crippen molar-refractivity contribution in [3.8, 4) is 0 Å². The van der Waals surface area contributed by atoms with Gasteiger partial charge in [0, 0.05) is 12.0 Å². The zero-order valence-corrected chi connectivity index (χ0v) is 11.6. The zero-order valence-electron chi connectivity index (χ0n) is 11.6. The van der Waals surface area contributed by atoms with E-state index < -0.39 is 28.6 Å². The zero-order chi connectivity index (χ0) is 14.5. The number of carbonyl (C=O) groups excluding carboxylic acids is 1. The maximum atomic E-state index is 12.2. The van der Waals surface area contributed by atoms with Gasteiger partial charge in [0.05, 0.1) is 6.61 Å². The number of hydrogen-bond acceptors (Lipinski definition) is 4. The third-order valence-electron chi connectivity index (χ3n) is 4.09. The number of aliphatic carboxylic acids is 1. The number of aliphatic hydroxyl groups excluding tert-OH is 1. The molecule has 1 aliphatic carbocycles. The second-order valence-corrected chi connectivity index (χ2v) is 6.74. The van der Waals surface area contributed by atoms with E-state index in [1.165, 1.54) is 4.90 Å². The summed E-state index contributed by atoms with van der Waals surface area (Å²) in [6, 6.07) is 0. The van der Waals surface area contributed by atoms with Crippen molar-refractivity contribution in [2.24, 2.45) is 5.41 Å². The number of likely N-dealkylation sites (tertiary alicyclic amines) is 1. The maximum absolute atomic E-state index is 12.2. The molecule has 1 saturated heterocycles. The molecule has 6 heteroatoms. The predicted octanol–water partition coefficient (Wildman–Crippen LogP) is 1.22. The van der Waals surface area contributed by atoms with Crippen LogP contribution in [0.5, 0.6) is 0 Å². The number of amides is 1. The van der Waals surface area contributed by atoms with E-state index in [2.05, 4.69) is 0 Å². The van der Waals surface area contributed by atoms with Gasteiger partial charge in [-0.1, -0.05) is 0 Å². The topological polar surface area (TPSA) is 87.1 Å². The van der Waals surface area contributed by atoms with Crippen molar-refractivity contribution < 1.29 is 24.5 Å². The molecule has 2 rings (SSSR count). The Morgan fingerprint density at radius 1 is 1.32 bits per heavy atom. The Labute approximate surface area is 112 Å². The van der Waals surface area contributed by atoms with Gasteiger partial charge in [0.2, 0.25) is 0 Å². The Morgan fingerprint density at radius 3 is 2.42 bits per heavy atom. The van der Waals surface area contributed by atoms with E-state index in [0.29, 0.717) is 19.3 Å². The fourth-order valence-corrected chi connectivity index (χ4v) is 3.16. The summed E-state index contributed by atoms with van der Waals surface area (Å²) < 4.78 is 5.28. The second kappa shape index (κ2) is 4.10. The summed E-state index contributed by atoms with van der Waals surface area (Å²) in [6.45, 7) is 5.39. The van der Waals surface area contributed by atoms with Crippen molar-refractivity contribution in [2.45, 2.75) is 51.2 Å². The minimum absolute atomic E-state index is 0.0959. The van der Waals surface area contributed by atoms with Gasteiger partial charge in [-0.3, -0.25) is 4.90 Å². The molecule has 2 atom stereocenters. The Kier molecular flexibility index (Phi) is 3.04. The number of carboxylic acid groups (broad SMARTS) is 1. The fourth-order valence-electron chi connectivity index (χ4n) is 3.16. The Balaban J connectivity index is 2.26. The average molecular weight is 271 g/mol. The molecule has 2 fully saturated rings. The number of carbonyl (C=O) groups is 2. The first-order valence-corrected chi connectivity index (χ1v) is 6.49. The van der Waals surface area contributed by atoms with Crippen LogP contribution in [0.15, 0.2) is 0 Å². The van der Waals surface area contributed by atoms with Crippen molar-refractivity contribution in [1.82, 2.24) is 4.90 Å². The Morgan fingerprint density at radius 2 is 1.95 bits per heavy atom. The molecule has 2 unspecified atom stereocenters. The summed E-state index contributed by atoms with van der Waals surface area (Å²) in [6.07, 6.45) is 0.715. The number of hydrogen-bond donors (Lipinski definition) is 2. The summed E-state index contributed by atoms with van der Waals surface area (Å²) in [4.78, 5) is 25.1. The lowest BCUT2D eigenvalue weighted by atomic mass is 9.88. The highest BCUT2D eigenvalue weighted by molar-refractivity contribution is 5.86. The lowest BCUT2D eigenvalue weighted by Crippen LogP contribution is -2.55. The van der Waals surface area contributed by atoms with Crippen molar-refractivity contribution >= 4 is 12.1 Å². The summed E-state index contributed by atoms with van der Waals surface area (Å²) in [7, 11) is 0. The first-order valence-electron chi connectivity index (χ1n) is 6.49. The van der Waals surface area contributed by atoms with Crippen LogP contribution >= 0.6 is 0 Å². The molecule has 1 amide bonds. The Bertz CT molecular complexity index is 416. The smallest absolute Gasteiger partial charge is 0.411 e. The third kappa shape index (κ3) is 2.18. The van der Waals surface area contributed by atoms with Crippen LogP contribution in [0.1, 0.15) is 40.0 Å². The van der Waals surface area contributed by atoms with Crippen LogP contribution in [-0.2, 0) is 9.53 Å². The van der Waals surface area contributed by atoms with Crippen LogP contribution in [0.25, 0.3) is 0 Å². The molecule has 0 aromatic carbocycles.